The third kappa shape index (κ3) is 1.75. The third-order valence-corrected chi connectivity index (χ3v) is 4.45. The van der Waals surface area contributed by atoms with Crippen molar-refractivity contribution < 1.29 is 0 Å². The summed E-state index contributed by atoms with van der Waals surface area (Å²) < 4.78 is 2.97. The number of anilines is 1. The second-order valence-electron chi connectivity index (χ2n) is 4.63. The van der Waals surface area contributed by atoms with Crippen LogP contribution in [0.4, 0.5) is 5.82 Å². The fourth-order valence-corrected chi connectivity index (χ4v) is 3.13. The van der Waals surface area contributed by atoms with E-state index in [0.717, 1.165) is 23.0 Å². The molecule has 0 spiro atoms. The molecule has 0 saturated carbocycles. The van der Waals surface area contributed by atoms with Gasteiger partial charge in [0.05, 0.1) is 11.7 Å². The molecule has 0 bridgehead atoms. The Morgan fingerprint density at radius 2 is 2.28 bits per heavy atom. The molecule has 0 radical (unpaired) electrons. The molecule has 3 rings (SSSR count). The Bertz CT molecular complexity index is 621. The largest absolute Gasteiger partial charge is 0.383 e. The van der Waals surface area contributed by atoms with Gasteiger partial charge in [-0.3, -0.25) is 0 Å². The van der Waals surface area contributed by atoms with Crippen LogP contribution in [0.5, 0.6) is 0 Å². The summed E-state index contributed by atoms with van der Waals surface area (Å²) in [4.78, 5) is 0. The summed E-state index contributed by atoms with van der Waals surface area (Å²) in [5, 5.41) is 5.03. The van der Waals surface area contributed by atoms with Crippen LogP contribution in [0.25, 0.3) is 0 Å². The first-order valence-electron chi connectivity index (χ1n) is 5.86. The zero-order valence-corrected chi connectivity index (χ0v) is 12.3. The predicted molar refractivity (Wildman–Crippen MR) is 77.0 cm³/mol. The monoisotopic (exact) mass is 325 g/mol. The highest BCUT2D eigenvalue weighted by molar-refractivity contribution is 9.10. The lowest BCUT2D eigenvalue weighted by Crippen LogP contribution is -2.12. The molecule has 1 aliphatic carbocycles. The van der Waals surface area contributed by atoms with Crippen molar-refractivity contribution in [3.63, 3.8) is 0 Å². The minimum Gasteiger partial charge on any atom is -0.383 e. The van der Waals surface area contributed by atoms with Crippen molar-refractivity contribution in [2.45, 2.75) is 25.8 Å². The lowest BCUT2D eigenvalue weighted by atomic mass is 10.1. The summed E-state index contributed by atoms with van der Waals surface area (Å²) in [7, 11) is 0. The minimum atomic E-state index is 0.208. The molecular weight excluding hydrogens is 314 g/mol. The summed E-state index contributed by atoms with van der Waals surface area (Å²) in [5.41, 5.74) is 9.48. The van der Waals surface area contributed by atoms with Gasteiger partial charge < -0.3 is 5.73 Å². The van der Waals surface area contributed by atoms with Crippen LogP contribution >= 0.6 is 27.5 Å². The van der Waals surface area contributed by atoms with Crippen molar-refractivity contribution in [1.82, 2.24) is 9.78 Å². The highest BCUT2D eigenvalue weighted by Crippen LogP contribution is 2.38. The Hall–Kier alpha value is -1.00. The Kier molecular flexibility index (Phi) is 2.87. The van der Waals surface area contributed by atoms with Crippen LogP contribution in [0.2, 0.25) is 5.02 Å². The molecule has 94 valence electrons. The Morgan fingerprint density at radius 3 is 2.94 bits per heavy atom. The lowest BCUT2D eigenvalue weighted by Gasteiger charge is -2.14. The predicted octanol–water partition coefficient (Wildman–Crippen LogP) is 3.73. The number of aromatic nitrogens is 2. The second kappa shape index (κ2) is 4.28. The number of nitrogens with two attached hydrogens (primary N) is 1. The number of rotatable bonds is 1. The van der Waals surface area contributed by atoms with Crippen LogP contribution in [0.15, 0.2) is 22.7 Å². The number of fused-ring (bicyclic) bond motifs is 1. The number of benzene rings is 1. The molecule has 0 amide bonds. The summed E-state index contributed by atoms with van der Waals surface area (Å²) in [6, 6.07) is 6.58. The summed E-state index contributed by atoms with van der Waals surface area (Å²) in [6.45, 7) is 1.88. The fourth-order valence-electron chi connectivity index (χ4n) is 2.60. The van der Waals surface area contributed by atoms with Crippen LogP contribution in [-0.4, -0.2) is 9.78 Å². The summed E-state index contributed by atoms with van der Waals surface area (Å²) in [5.74, 6) is 0.565. The maximum absolute atomic E-state index is 6.11. The average Bonchev–Trinajstić information content (AvgIpc) is 2.85. The van der Waals surface area contributed by atoms with Gasteiger partial charge in [0, 0.05) is 4.47 Å². The number of nitrogen functional groups attached to an aromatic ring is 1. The standard InChI is InChI=1S/C13H13BrClN3/c1-7-12(15)13(16)18(17-7)11-5-2-8-6-9(14)3-4-10(8)11/h3-4,6,11H,2,5,16H2,1H3. The first kappa shape index (κ1) is 12.1. The highest BCUT2D eigenvalue weighted by Gasteiger charge is 2.27. The Balaban J connectivity index is 2.09. The number of hydrogen-bond donors (Lipinski definition) is 1. The van der Waals surface area contributed by atoms with Crippen molar-refractivity contribution >= 4 is 33.3 Å². The highest BCUT2D eigenvalue weighted by atomic mass is 79.9. The molecule has 3 nitrogen and oxygen atoms in total. The van der Waals surface area contributed by atoms with E-state index in [9.17, 15) is 0 Å². The first-order valence-corrected chi connectivity index (χ1v) is 7.03. The van der Waals surface area contributed by atoms with E-state index in [1.165, 1.54) is 11.1 Å². The van der Waals surface area contributed by atoms with Gasteiger partial charge in [0.2, 0.25) is 0 Å². The topological polar surface area (TPSA) is 43.8 Å². The van der Waals surface area contributed by atoms with Gasteiger partial charge in [-0.15, -0.1) is 0 Å². The molecule has 5 heteroatoms. The Labute approximate surface area is 119 Å². The van der Waals surface area contributed by atoms with Crippen LogP contribution in [0.3, 0.4) is 0 Å². The summed E-state index contributed by atoms with van der Waals surface area (Å²) >= 11 is 9.62. The quantitative estimate of drug-likeness (QED) is 0.868. The molecule has 1 atom stereocenters. The fraction of sp³-hybridized carbons (Fsp3) is 0.308. The van der Waals surface area contributed by atoms with Gasteiger partial charge >= 0.3 is 0 Å². The SMILES string of the molecule is Cc1nn(C2CCc3cc(Br)ccc32)c(N)c1Cl. The maximum Gasteiger partial charge on any atom is 0.141 e. The number of halogens is 2. The van der Waals surface area contributed by atoms with Gasteiger partial charge in [-0.05, 0) is 43.0 Å². The van der Waals surface area contributed by atoms with Gasteiger partial charge in [-0.2, -0.15) is 5.10 Å². The van der Waals surface area contributed by atoms with E-state index in [2.05, 4.69) is 39.2 Å². The molecule has 1 aromatic heterocycles. The molecule has 1 unspecified atom stereocenters. The normalized spacial score (nSPS) is 18.1. The van der Waals surface area contributed by atoms with Gasteiger partial charge in [0.15, 0.2) is 0 Å². The molecule has 0 aliphatic heterocycles. The van der Waals surface area contributed by atoms with E-state index in [4.69, 9.17) is 17.3 Å². The van der Waals surface area contributed by atoms with Crippen LogP contribution < -0.4 is 5.73 Å². The smallest absolute Gasteiger partial charge is 0.141 e. The number of hydrogen-bond acceptors (Lipinski definition) is 2. The van der Waals surface area contributed by atoms with Crippen molar-refractivity contribution in [3.05, 3.63) is 44.5 Å². The van der Waals surface area contributed by atoms with Crippen LogP contribution in [0.1, 0.15) is 29.3 Å². The molecule has 18 heavy (non-hydrogen) atoms. The van der Waals surface area contributed by atoms with Crippen LogP contribution in [0, 0.1) is 6.92 Å². The number of nitrogens with zero attached hydrogens (tertiary/aromatic N) is 2. The average molecular weight is 327 g/mol. The zero-order valence-electron chi connectivity index (χ0n) is 9.95. The van der Waals surface area contributed by atoms with Crippen molar-refractivity contribution in [2.24, 2.45) is 0 Å². The Morgan fingerprint density at radius 1 is 1.50 bits per heavy atom. The molecule has 2 aromatic rings. The molecule has 2 N–H and O–H groups in total. The first-order chi connectivity index (χ1) is 8.58. The molecule has 1 aromatic carbocycles. The molecule has 0 saturated heterocycles. The summed E-state index contributed by atoms with van der Waals surface area (Å²) in [6.07, 6.45) is 2.07. The molecule has 1 aliphatic rings. The van der Waals surface area contributed by atoms with E-state index in [0.29, 0.717) is 10.8 Å². The molecular formula is C13H13BrClN3. The maximum atomic E-state index is 6.11. The number of aryl methyl sites for hydroxylation is 2. The van der Waals surface area contributed by atoms with Crippen molar-refractivity contribution in [3.8, 4) is 0 Å². The third-order valence-electron chi connectivity index (χ3n) is 3.49. The van der Waals surface area contributed by atoms with Gasteiger partial charge in [-0.25, -0.2) is 4.68 Å². The van der Waals surface area contributed by atoms with Gasteiger partial charge in [0.25, 0.3) is 0 Å². The second-order valence-corrected chi connectivity index (χ2v) is 5.92. The van der Waals surface area contributed by atoms with Crippen molar-refractivity contribution in [1.29, 1.82) is 0 Å². The molecule has 0 fully saturated rings. The van der Waals surface area contributed by atoms with E-state index in [-0.39, 0.29) is 6.04 Å². The molecule has 1 heterocycles. The zero-order chi connectivity index (χ0) is 12.9. The van der Waals surface area contributed by atoms with Crippen LogP contribution in [-0.2, 0) is 6.42 Å². The van der Waals surface area contributed by atoms with Crippen molar-refractivity contribution in [2.75, 3.05) is 5.73 Å². The van der Waals surface area contributed by atoms with E-state index in [1.807, 2.05) is 11.6 Å². The van der Waals surface area contributed by atoms with E-state index >= 15 is 0 Å². The van der Waals surface area contributed by atoms with E-state index in [1.54, 1.807) is 0 Å². The van der Waals surface area contributed by atoms with Gasteiger partial charge in [-0.1, -0.05) is 33.6 Å². The van der Waals surface area contributed by atoms with E-state index < -0.39 is 0 Å². The van der Waals surface area contributed by atoms with Gasteiger partial charge in [0.1, 0.15) is 10.8 Å². The lowest BCUT2D eigenvalue weighted by molar-refractivity contribution is 0.524. The minimum absolute atomic E-state index is 0.208.